The molecule has 0 saturated heterocycles. The standard InChI is InChI=1S/C11H10N2S/c12-6-5-10(13)9-7-14-11-4-2-1-3-8(9)11/h1-4,7,10H,5,13H2/t10-/m0/s1. The molecule has 2 N–H and O–H groups in total. The first-order valence-corrected chi connectivity index (χ1v) is 5.29. The molecule has 1 aromatic heterocycles. The van der Waals surface area contributed by atoms with Gasteiger partial charge in [0, 0.05) is 10.7 Å². The van der Waals surface area contributed by atoms with E-state index in [1.165, 1.54) is 10.1 Å². The largest absolute Gasteiger partial charge is 0.323 e. The summed E-state index contributed by atoms with van der Waals surface area (Å²) in [6, 6.07) is 10.1. The first-order valence-electron chi connectivity index (χ1n) is 4.41. The van der Waals surface area contributed by atoms with Crippen LogP contribution in [0.1, 0.15) is 18.0 Å². The lowest BCUT2D eigenvalue weighted by Gasteiger charge is -2.05. The fraction of sp³-hybridized carbons (Fsp3) is 0.182. The predicted molar refractivity (Wildman–Crippen MR) is 59.0 cm³/mol. The Labute approximate surface area is 86.6 Å². The van der Waals surface area contributed by atoms with Gasteiger partial charge < -0.3 is 5.73 Å². The van der Waals surface area contributed by atoms with E-state index >= 15 is 0 Å². The molecule has 70 valence electrons. The number of rotatable bonds is 2. The molecule has 1 aromatic carbocycles. The topological polar surface area (TPSA) is 49.8 Å². The van der Waals surface area contributed by atoms with E-state index in [9.17, 15) is 0 Å². The molecule has 3 heteroatoms. The summed E-state index contributed by atoms with van der Waals surface area (Å²) in [5.74, 6) is 0. The number of fused-ring (bicyclic) bond motifs is 1. The van der Waals surface area contributed by atoms with E-state index in [1.807, 2.05) is 17.5 Å². The zero-order valence-electron chi connectivity index (χ0n) is 7.60. The Hall–Kier alpha value is -1.37. The van der Waals surface area contributed by atoms with Gasteiger partial charge in [-0.15, -0.1) is 11.3 Å². The first-order chi connectivity index (χ1) is 6.83. The van der Waals surface area contributed by atoms with Gasteiger partial charge in [-0.05, 0) is 22.4 Å². The van der Waals surface area contributed by atoms with Crippen LogP contribution in [0.3, 0.4) is 0 Å². The van der Waals surface area contributed by atoms with Gasteiger partial charge in [-0.3, -0.25) is 0 Å². The normalized spacial score (nSPS) is 12.6. The minimum absolute atomic E-state index is 0.156. The highest BCUT2D eigenvalue weighted by Crippen LogP contribution is 2.30. The van der Waals surface area contributed by atoms with E-state index in [-0.39, 0.29) is 6.04 Å². The second-order valence-corrected chi connectivity index (χ2v) is 4.07. The van der Waals surface area contributed by atoms with Crippen LogP contribution in [0.2, 0.25) is 0 Å². The molecule has 0 unspecified atom stereocenters. The Bertz CT molecular complexity index is 481. The van der Waals surface area contributed by atoms with Gasteiger partial charge in [-0.1, -0.05) is 18.2 Å². The van der Waals surface area contributed by atoms with E-state index in [1.54, 1.807) is 11.3 Å². The predicted octanol–water partition coefficient (Wildman–Crippen LogP) is 2.81. The summed E-state index contributed by atoms with van der Waals surface area (Å²) in [6.45, 7) is 0. The van der Waals surface area contributed by atoms with Crippen LogP contribution >= 0.6 is 11.3 Å². The van der Waals surface area contributed by atoms with E-state index in [0.717, 1.165) is 5.56 Å². The number of nitrogens with zero attached hydrogens (tertiary/aromatic N) is 1. The van der Waals surface area contributed by atoms with E-state index < -0.39 is 0 Å². The van der Waals surface area contributed by atoms with Crippen LogP contribution < -0.4 is 5.73 Å². The zero-order valence-corrected chi connectivity index (χ0v) is 8.42. The fourth-order valence-corrected chi connectivity index (χ4v) is 2.52. The number of nitrogens with two attached hydrogens (primary N) is 1. The maximum atomic E-state index is 8.58. The Balaban J connectivity index is 2.48. The summed E-state index contributed by atoms with van der Waals surface area (Å²) in [4.78, 5) is 0. The molecule has 0 amide bonds. The molecule has 2 aromatic rings. The van der Waals surface area contributed by atoms with Crippen molar-refractivity contribution in [2.45, 2.75) is 12.5 Å². The summed E-state index contributed by atoms with van der Waals surface area (Å²) >= 11 is 1.68. The third-order valence-electron chi connectivity index (χ3n) is 2.22. The van der Waals surface area contributed by atoms with E-state index in [0.29, 0.717) is 6.42 Å². The van der Waals surface area contributed by atoms with Gasteiger partial charge in [0.15, 0.2) is 0 Å². The molecule has 14 heavy (non-hydrogen) atoms. The van der Waals surface area contributed by atoms with Gasteiger partial charge in [0.05, 0.1) is 12.5 Å². The lowest BCUT2D eigenvalue weighted by atomic mass is 10.0. The van der Waals surface area contributed by atoms with Crippen molar-refractivity contribution in [1.29, 1.82) is 5.26 Å². The van der Waals surface area contributed by atoms with Gasteiger partial charge in [-0.25, -0.2) is 0 Å². The molecule has 2 nitrogen and oxygen atoms in total. The average molecular weight is 202 g/mol. The van der Waals surface area contributed by atoms with E-state index in [2.05, 4.69) is 18.2 Å². The van der Waals surface area contributed by atoms with Crippen molar-refractivity contribution in [1.82, 2.24) is 0 Å². The Morgan fingerprint density at radius 3 is 3.00 bits per heavy atom. The molecule has 0 aliphatic carbocycles. The molecule has 1 atom stereocenters. The third-order valence-corrected chi connectivity index (χ3v) is 3.20. The molecule has 2 rings (SSSR count). The molecular weight excluding hydrogens is 192 g/mol. The van der Waals surface area contributed by atoms with Gasteiger partial charge >= 0.3 is 0 Å². The number of hydrogen-bond acceptors (Lipinski definition) is 3. The Morgan fingerprint density at radius 2 is 2.21 bits per heavy atom. The maximum absolute atomic E-state index is 8.58. The minimum atomic E-state index is -0.156. The molecule has 0 aliphatic heterocycles. The van der Waals surface area contributed by atoms with Crippen LogP contribution in [0.4, 0.5) is 0 Å². The molecular formula is C11H10N2S. The maximum Gasteiger partial charge on any atom is 0.0641 e. The molecule has 0 aliphatic rings. The molecule has 0 fully saturated rings. The lowest BCUT2D eigenvalue weighted by Crippen LogP contribution is -2.08. The third kappa shape index (κ3) is 1.50. The lowest BCUT2D eigenvalue weighted by molar-refractivity contribution is 0.758. The molecule has 0 bridgehead atoms. The smallest absolute Gasteiger partial charge is 0.0641 e. The highest BCUT2D eigenvalue weighted by molar-refractivity contribution is 7.17. The summed E-state index contributed by atoms with van der Waals surface area (Å²) in [5.41, 5.74) is 6.99. The van der Waals surface area contributed by atoms with Crippen LogP contribution in [-0.4, -0.2) is 0 Å². The quantitative estimate of drug-likeness (QED) is 0.814. The van der Waals surface area contributed by atoms with Gasteiger partial charge in [0.1, 0.15) is 0 Å². The average Bonchev–Trinajstić information content (AvgIpc) is 2.61. The SMILES string of the molecule is N#CC[C@H](N)c1csc2ccccc12. The van der Waals surface area contributed by atoms with Crippen molar-refractivity contribution >= 4 is 21.4 Å². The van der Waals surface area contributed by atoms with E-state index in [4.69, 9.17) is 11.0 Å². The second kappa shape index (κ2) is 3.79. The number of benzene rings is 1. The summed E-state index contributed by atoms with van der Waals surface area (Å²) in [6.07, 6.45) is 0.376. The summed E-state index contributed by atoms with van der Waals surface area (Å²) in [7, 11) is 0. The van der Waals surface area contributed by atoms with Gasteiger partial charge in [0.25, 0.3) is 0 Å². The Kier molecular flexibility index (Phi) is 2.49. The van der Waals surface area contributed by atoms with Crippen LogP contribution in [0, 0.1) is 11.3 Å². The van der Waals surface area contributed by atoms with Gasteiger partial charge in [0.2, 0.25) is 0 Å². The van der Waals surface area contributed by atoms with Gasteiger partial charge in [-0.2, -0.15) is 5.26 Å². The fourth-order valence-electron chi connectivity index (χ4n) is 1.49. The monoisotopic (exact) mass is 202 g/mol. The van der Waals surface area contributed by atoms with Crippen LogP contribution in [-0.2, 0) is 0 Å². The minimum Gasteiger partial charge on any atom is -0.323 e. The first kappa shape index (κ1) is 9.20. The van der Waals surface area contributed by atoms with Crippen LogP contribution in [0.15, 0.2) is 29.6 Å². The molecule has 1 heterocycles. The van der Waals surface area contributed by atoms with Crippen molar-refractivity contribution < 1.29 is 0 Å². The van der Waals surface area contributed by atoms with Crippen molar-refractivity contribution in [2.75, 3.05) is 0 Å². The summed E-state index contributed by atoms with van der Waals surface area (Å²) in [5, 5.41) is 11.8. The Morgan fingerprint density at radius 1 is 1.43 bits per heavy atom. The van der Waals surface area contributed by atoms with Crippen molar-refractivity contribution in [3.05, 3.63) is 35.2 Å². The summed E-state index contributed by atoms with van der Waals surface area (Å²) < 4.78 is 1.23. The van der Waals surface area contributed by atoms with Crippen molar-refractivity contribution in [2.24, 2.45) is 5.73 Å². The zero-order chi connectivity index (χ0) is 9.97. The van der Waals surface area contributed by atoms with Crippen LogP contribution in [0.5, 0.6) is 0 Å². The highest BCUT2D eigenvalue weighted by atomic mass is 32.1. The highest BCUT2D eigenvalue weighted by Gasteiger charge is 2.10. The molecule has 0 radical (unpaired) electrons. The second-order valence-electron chi connectivity index (χ2n) is 3.16. The number of hydrogen-bond donors (Lipinski definition) is 1. The number of nitriles is 1. The molecule has 0 spiro atoms. The van der Waals surface area contributed by atoms with Crippen molar-refractivity contribution in [3.63, 3.8) is 0 Å². The van der Waals surface area contributed by atoms with Crippen LogP contribution in [0.25, 0.3) is 10.1 Å². The number of thiophene rings is 1. The molecule has 0 saturated carbocycles. The van der Waals surface area contributed by atoms with Crippen molar-refractivity contribution in [3.8, 4) is 6.07 Å².